The maximum absolute atomic E-state index is 13.9. The Hall–Kier alpha value is -1.04. The standard InChI is InChI=1S/C14H10BrClF3N/c15-10-2-4-12(18)9(14(10)19)6-13(20)8-5-7(16)1-3-11(8)17/h1-5,13H,6,20H2. The normalized spacial score (nSPS) is 12.5. The van der Waals surface area contributed by atoms with Crippen molar-refractivity contribution in [1.29, 1.82) is 0 Å². The summed E-state index contributed by atoms with van der Waals surface area (Å²) in [6, 6.07) is 5.41. The molecular formula is C14H10BrClF3N. The number of benzene rings is 2. The first-order valence-electron chi connectivity index (χ1n) is 5.73. The first-order valence-corrected chi connectivity index (χ1v) is 6.90. The molecule has 0 heterocycles. The largest absolute Gasteiger partial charge is 0.324 e. The van der Waals surface area contributed by atoms with Crippen molar-refractivity contribution in [2.75, 3.05) is 0 Å². The summed E-state index contributed by atoms with van der Waals surface area (Å²) in [7, 11) is 0. The van der Waals surface area contributed by atoms with Crippen molar-refractivity contribution in [3.63, 3.8) is 0 Å². The highest BCUT2D eigenvalue weighted by Crippen LogP contribution is 2.27. The minimum absolute atomic E-state index is 0.122. The second kappa shape index (κ2) is 6.16. The Morgan fingerprint density at radius 2 is 1.75 bits per heavy atom. The van der Waals surface area contributed by atoms with Gasteiger partial charge in [-0.3, -0.25) is 0 Å². The van der Waals surface area contributed by atoms with Crippen LogP contribution >= 0.6 is 27.5 Å². The molecule has 106 valence electrons. The molecular weight excluding hydrogens is 355 g/mol. The maximum Gasteiger partial charge on any atom is 0.143 e. The number of nitrogens with two attached hydrogens (primary N) is 1. The van der Waals surface area contributed by atoms with Crippen molar-refractivity contribution in [1.82, 2.24) is 0 Å². The summed E-state index contributed by atoms with van der Waals surface area (Å²) in [6.45, 7) is 0. The van der Waals surface area contributed by atoms with Crippen LogP contribution < -0.4 is 5.73 Å². The summed E-state index contributed by atoms with van der Waals surface area (Å²) < 4.78 is 41.3. The third kappa shape index (κ3) is 3.16. The van der Waals surface area contributed by atoms with E-state index < -0.39 is 23.5 Å². The zero-order chi connectivity index (χ0) is 14.9. The molecule has 0 saturated carbocycles. The minimum atomic E-state index is -0.896. The molecule has 2 N–H and O–H groups in total. The van der Waals surface area contributed by atoms with Gasteiger partial charge in [0.05, 0.1) is 4.47 Å². The minimum Gasteiger partial charge on any atom is -0.324 e. The summed E-state index contributed by atoms with van der Waals surface area (Å²) in [5.74, 6) is -2.01. The summed E-state index contributed by atoms with van der Waals surface area (Å²) in [6.07, 6.45) is -0.172. The highest BCUT2D eigenvalue weighted by Gasteiger charge is 2.19. The average Bonchev–Trinajstić information content (AvgIpc) is 2.41. The highest BCUT2D eigenvalue weighted by molar-refractivity contribution is 9.10. The van der Waals surface area contributed by atoms with E-state index in [4.69, 9.17) is 17.3 Å². The Labute approximate surface area is 127 Å². The Morgan fingerprint density at radius 1 is 1.10 bits per heavy atom. The van der Waals surface area contributed by atoms with E-state index >= 15 is 0 Å². The molecule has 2 aromatic rings. The molecule has 0 saturated heterocycles. The number of rotatable bonds is 3. The van der Waals surface area contributed by atoms with Crippen molar-refractivity contribution < 1.29 is 13.2 Å². The first-order chi connectivity index (χ1) is 9.40. The van der Waals surface area contributed by atoms with Gasteiger partial charge in [0.2, 0.25) is 0 Å². The SMILES string of the molecule is NC(Cc1c(F)ccc(Br)c1F)c1cc(Cl)ccc1F. The molecule has 1 unspecified atom stereocenters. The summed E-state index contributed by atoms with van der Waals surface area (Å²) in [4.78, 5) is 0. The molecule has 2 rings (SSSR count). The predicted octanol–water partition coefficient (Wildman–Crippen LogP) is 4.76. The fourth-order valence-electron chi connectivity index (χ4n) is 1.88. The smallest absolute Gasteiger partial charge is 0.143 e. The molecule has 0 fully saturated rings. The van der Waals surface area contributed by atoms with E-state index in [9.17, 15) is 13.2 Å². The fraction of sp³-hybridized carbons (Fsp3) is 0.143. The van der Waals surface area contributed by atoms with Gasteiger partial charge in [-0.2, -0.15) is 0 Å². The van der Waals surface area contributed by atoms with Crippen LogP contribution in [0.2, 0.25) is 5.02 Å². The number of hydrogen-bond donors (Lipinski definition) is 1. The van der Waals surface area contributed by atoms with Crippen LogP contribution in [0.25, 0.3) is 0 Å². The van der Waals surface area contributed by atoms with Crippen molar-refractivity contribution in [3.8, 4) is 0 Å². The Balaban J connectivity index is 2.35. The van der Waals surface area contributed by atoms with Crippen LogP contribution in [-0.2, 0) is 6.42 Å². The first kappa shape index (κ1) is 15.4. The van der Waals surface area contributed by atoms with Gasteiger partial charge in [0.15, 0.2) is 0 Å². The molecule has 2 aromatic carbocycles. The quantitative estimate of drug-likeness (QED) is 0.781. The third-order valence-corrected chi connectivity index (χ3v) is 3.77. The lowest BCUT2D eigenvalue weighted by molar-refractivity contribution is 0.525. The van der Waals surface area contributed by atoms with Gasteiger partial charge >= 0.3 is 0 Å². The molecule has 0 aliphatic rings. The maximum atomic E-state index is 13.9. The van der Waals surface area contributed by atoms with Crippen LogP contribution in [0.3, 0.4) is 0 Å². The van der Waals surface area contributed by atoms with Crippen LogP contribution in [0.4, 0.5) is 13.2 Å². The Bertz CT molecular complexity index is 649. The third-order valence-electron chi connectivity index (χ3n) is 2.92. The number of halogens is 5. The van der Waals surface area contributed by atoms with E-state index in [2.05, 4.69) is 15.9 Å². The second-order valence-electron chi connectivity index (χ2n) is 4.30. The number of hydrogen-bond acceptors (Lipinski definition) is 1. The lowest BCUT2D eigenvalue weighted by Gasteiger charge is -2.15. The lowest BCUT2D eigenvalue weighted by atomic mass is 9.98. The topological polar surface area (TPSA) is 26.0 Å². The Morgan fingerprint density at radius 3 is 2.45 bits per heavy atom. The molecule has 6 heteroatoms. The summed E-state index contributed by atoms with van der Waals surface area (Å²) in [5, 5.41) is 0.312. The molecule has 0 spiro atoms. The lowest BCUT2D eigenvalue weighted by Crippen LogP contribution is -2.17. The van der Waals surface area contributed by atoms with Crippen LogP contribution in [0.5, 0.6) is 0 Å². The van der Waals surface area contributed by atoms with Gasteiger partial charge in [-0.25, -0.2) is 13.2 Å². The van der Waals surface area contributed by atoms with Gasteiger partial charge in [-0.15, -0.1) is 0 Å². The Kier molecular flexibility index (Phi) is 4.73. The molecule has 1 atom stereocenters. The molecule has 0 amide bonds. The zero-order valence-corrected chi connectivity index (χ0v) is 12.5. The van der Waals surface area contributed by atoms with Gasteiger partial charge in [0.25, 0.3) is 0 Å². The van der Waals surface area contributed by atoms with E-state index in [0.717, 1.165) is 6.07 Å². The zero-order valence-electron chi connectivity index (χ0n) is 10.1. The van der Waals surface area contributed by atoms with Gasteiger partial charge < -0.3 is 5.73 Å². The van der Waals surface area contributed by atoms with Crippen LogP contribution in [0, 0.1) is 17.5 Å². The van der Waals surface area contributed by atoms with E-state index in [1.165, 1.54) is 24.3 Å². The van der Waals surface area contributed by atoms with Crippen molar-refractivity contribution in [2.24, 2.45) is 5.73 Å². The van der Waals surface area contributed by atoms with E-state index in [1.807, 2.05) is 0 Å². The van der Waals surface area contributed by atoms with Crippen LogP contribution in [0.1, 0.15) is 17.2 Å². The molecule has 0 aromatic heterocycles. The average molecular weight is 365 g/mol. The van der Waals surface area contributed by atoms with Crippen molar-refractivity contribution >= 4 is 27.5 Å². The van der Waals surface area contributed by atoms with E-state index in [-0.39, 0.29) is 22.0 Å². The fourth-order valence-corrected chi connectivity index (χ4v) is 2.44. The predicted molar refractivity (Wildman–Crippen MR) is 76.1 cm³/mol. The summed E-state index contributed by atoms with van der Waals surface area (Å²) in [5.41, 5.74) is 5.77. The van der Waals surface area contributed by atoms with Gasteiger partial charge in [-0.1, -0.05) is 11.6 Å². The van der Waals surface area contributed by atoms with Crippen LogP contribution in [0.15, 0.2) is 34.8 Å². The summed E-state index contributed by atoms with van der Waals surface area (Å²) >= 11 is 8.75. The molecule has 0 aliphatic carbocycles. The van der Waals surface area contributed by atoms with E-state index in [1.54, 1.807) is 0 Å². The van der Waals surface area contributed by atoms with Gasteiger partial charge in [0, 0.05) is 22.2 Å². The molecule has 0 aliphatic heterocycles. The second-order valence-corrected chi connectivity index (χ2v) is 5.59. The molecule has 20 heavy (non-hydrogen) atoms. The molecule has 1 nitrogen and oxygen atoms in total. The van der Waals surface area contributed by atoms with E-state index in [0.29, 0.717) is 5.02 Å². The molecule has 0 bridgehead atoms. The monoisotopic (exact) mass is 363 g/mol. The van der Waals surface area contributed by atoms with Gasteiger partial charge in [0.1, 0.15) is 17.5 Å². The van der Waals surface area contributed by atoms with Crippen LogP contribution in [-0.4, -0.2) is 0 Å². The molecule has 0 radical (unpaired) electrons. The van der Waals surface area contributed by atoms with Crippen molar-refractivity contribution in [3.05, 3.63) is 68.4 Å². The highest BCUT2D eigenvalue weighted by atomic mass is 79.9. The van der Waals surface area contributed by atoms with Crippen molar-refractivity contribution in [2.45, 2.75) is 12.5 Å². The van der Waals surface area contributed by atoms with Gasteiger partial charge in [-0.05, 0) is 52.7 Å².